The number of anilines is 2. The van der Waals surface area contributed by atoms with E-state index >= 15 is 0 Å². The summed E-state index contributed by atoms with van der Waals surface area (Å²) in [6, 6.07) is 12.5. The van der Waals surface area contributed by atoms with Crippen LogP contribution in [0.3, 0.4) is 0 Å². The Morgan fingerprint density at radius 3 is 2.65 bits per heavy atom. The van der Waals surface area contributed by atoms with Crippen LogP contribution in [0, 0.1) is 0 Å². The molecule has 3 nitrogen and oxygen atoms in total. The van der Waals surface area contributed by atoms with Crippen molar-refractivity contribution in [3.63, 3.8) is 0 Å². The van der Waals surface area contributed by atoms with Crippen LogP contribution in [0.15, 0.2) is 42.6 Å². The van der Waals surface area contributed by atoms with Crippen molar-refractivity contribution in [1.82, 2.24) is 4.98 Å². The van der Waals surface area contributed by atoms with E-state index in [9.17, 15) is 0 Å². The summed E-state index contributed by atoms with van der Waals surface area (Å²) in [7, 11) is 0. The average molecular weight is 225 g/mol. The van der Waals surface area contributed by atoms with Crippen LogP contribution in [-0.2, 0) is 13.0 Å². The lowest BCUT2D eigenvalue weighted by atomic mass is 10.00. The fourth-order valence-electron chi connectivity index (χ4n) is 2.30. The molecule has 0 unspecified atom stereocenters. The highest BCUT2D eigenvalue weighted by Gasteiger charge is 2.15. The van der Waals surface area contributed by atoms with E-state index in [2.05, 4.69) is 34.1 Å². The number of aromatic nitrogens is 1. The standard InChI is InChI=1S/C14H15N3/c15-14-6-5-13(9-16-14)17-8-7-11-3-1-2-4-12(11)10-17/h1-6,9H,7-8,10H2,(H2,15,16). The Balaban J connectivity index is 1.86. The van der Waals surface area contributed by atoms with Crippen molar-refractivity contribution in [2.24, 2.45) is 0 Å². The third kappa shape index (κ3) is 1.96. The summed E-state index contributed by atoms with van der Waals surface area (Å²) in [4.78, 5) is 6.49. The average Bonchev–Trinajstić information content (AvgIpc) is 2.39. The maximum atomic E-state index is 5.60. The third-order valence-corrected chi connectivity index (χ3v) is 3.27. The highest BCUT2D eigenvalue weighted by atomic mass is 15.1. The summed E-state index contributed by atoms with van der Waals surface area (Å²) in [6.45, 7) is 2.00. The zero-order valence-electron chi connectivity index (χ0n) is 9.63. The van der Waals surface area contributed by atoms with Crippen LogP contribution >= 0.6 is 0 Å². The number of rotatable bonds is 1. The maximum absolute atomic E-state index is 5.60. The van der Waals surface area contributed by atoms with Gasteiger partial charge in [0, 0.05) is 13.1 Å². The van der Waals surface area contributed by atoms with Gasteiger partial charge in [0.2, 0.25) is 0 Å². The smallest absolute Gasteiger partial charge is 0.123 e. The Bertz CT molecular complexity index is 519. The van der Waals surface area contributed by atoms with Crippen LogP contribution in [0.5, 0.6) is 0 Å². The summed E-state index contributed by atoms with van der Waals surface area (Å²) < 4.78 is 0. The number of pyridine rings is 1. The molecule has 3 heteroatoms. The molecule has 0 spiro atoms. The zero-order valence-corrected chi connectivity index (χ0v) is 9.63. The number of benzene rings is 1. The van der Waals surface area contributed by atoms with E-state index < -0.39 is 0 Å². The number of hydrogen-bond acceptors (Lipinski definition) is 3. The van der Waals surface area contributed by atoms with Gasteiger partial charge in [0.25, 0.3) is 0 Å². The van der Waals surface area contributed by atoms with Gasteiger partial charge in [-0.25, -0.2) is 4.98 Å². The minimum atomic E-state index is 0.575. The van der Waals surface area contributed by atoms with Gasteiger partial charge in [-0.05, 0) is 29.7 Å². The molecule has 0 amide bonds. The van der Waals surface area contributed by atoms with Gasteiger partial charge in [0.1, 0.15) is 5.82 Å². The monoisotopic (exact) mass is 225 g/mol. The summed E-state index contributed by atoms with van der Waals surface area (Å²) in [5.74, 6) is 0.575. The van der Waals surface area contributed by atoms with E-state index in [-0.39, 0.29) is 0 Å². The van der Waals surface area contributed by atoms with Crippen molar-refractivity contribution < 1.29 is 0 Å². The molecule has 0 fully saturated rings. The highest BCUT2D eigenvalue weighted by Crippen LogP contribution is 2.23. The molecule has 1 aromatic heterocycles. The van der Waals surface area contributed by atoms with E-state index in [0.717, 1.165) is 25.2 Å². The Morgan fingerprint density at radius 2 is 1.88 bits per heavy atom. The number of nitrogens with two attached hydrogens (primary N) is 1. The Hall–Kier alpha value is -2.03. The second-order valence-electron chi connectivity index (χ2n) is 4.38. The van der Waals surface area contributed by atoms with Gasteiger partial charge in [-0.2, -0.15) is 0 Å². The van der Waals surface area contributed by atoms with Crippen LogP contribution in [-0.4, -0.2) is 11.5 Å². The molecule has 0 atom stereocenters. The first-order chi connectivity index (χ1) is 8.33. The lowest BCUT2D eigenvalue weighted by Crippen LogP contribution is -2.30. The molecule has 3 rings (SSSR count). The Morgan fingerprint density at radius 1 is 1.06 bits per heavy atom. The number of nitrogen functional groups attached to an aromatic ring is 1. The van der Waals surface area contributed by atoms with E-state index in [1.807, 2.05) is 18.3 Å². The molecule has 1 aromatic carbocycles. The lowest BCUT2D eigenvalue weighted by Gasteiger charge is -2.30. The second-order valence-corrected chi connectivity index (χ2v) is 4.38. The van der Waals surface area contributed by atoms with Crippen LogP contribution in [0.25, 0.3) is 0 Å². The van der Waals surface area contributed by atoms with E-state index in [4.69, 9.17) is 5.73 Å². The Labute approximate surface area is 101 Å². The molecule has 0 saturated carbocycles. The minimum Gasteiger partial charge on any atom is -0.384 e. The quantitative estimate of drug-likeness (QED) is 0.809. The van der Waals surface area contributed by atoms with Crippen molar-refractivity contribution in [3.05, 3.63) is 53.7 Å². The van der Waals surface area contributed by atoms with Crippen LogP contribution < -0.4 is 10.6 Å². The zero-order chi connectivity index (χ0) is 11.7. The summed E-state index contributed by atoms with van der Waals surface area (Å²) in [6.07, 6.45) is 2.95. The fourth-order valence-corrected chi connectivity index (χ4v) is 2.30. The molecule has 0 bridgehead atoms. The van der Waals surface area contributed by atoms with Crippen molar-refractivity contribution >= 4 is 11.5 Å². The number of nitrogens with zero attached hydrogens (tertiary/aromatic N) is 2. The molecule has 2 heterocycles. The van der Waals surface area contributed by atoms with E-state index in [0.29, 0.717) is 5.82 Å². The molecule has 2 N–H and O–H groups in total. The molecule has 1 aliphatic heterocycles. The topological polar surface area (TPSA) is 42.1 Å². The van der Waals surface area contributed by atoms with Gasteiger partial charge < -0.3 is 10.6 Å². The normalized spacial score (nSPS) is 14.5. The fraction of sp³-hybridized carbons (Fsp3) is 0.214. The first-order valence-corrected chi connectivity index (χ1v) is 5.86. The van der Waals surface area contributed by atoms with Gasteiger partial charge in [0.05, 0.1) is 11.9 Å². The molecule has 0 saturated heterocycles. The van der Waals surface area contributed by atoms with Crippen molar-refractivity contribution in [2.75, 3.05) is 17.2 Å². The number of hydrogen-bond donors (Lipinski definition) is 1. The lowest BCUT2D eigenvalue weighted by molar-refractivity contribution is 0.730. The van der Waals surface area contributed by atoms with Crippen LogP contribution in [0.4, 0.5) is 11.5 Å². The largest absolute Gasteiger partial charge is 0.384 e. The van der Waals surface area contributed by atoms with Crippen molar-refractivity contribution in [1.29, 1.82) is 0 Å². The summed E-state index contributed by atoms with van der Waals surface area (Å²) >= 11 is 0. The van der Waals surface area contributed by atoms with Gasteiger partial charge in [-0.15, -0.1) is 0 Å². The second kappa shape index (κ2) is 4.09. The molecule has 17 heavy (non-hydrogen) atoms. The summed E-state index contributed by atoms with van der Waals surface area (Å²) in [5.41, 5.74) is 9.63. The van der Waals surface area contributed by atoms with Crippen molar-refractivity contribution in [3.8, 4) is 0 Å². The predicted octanol–water partition coefficient (Wildman–Crippen LogP) is 2.23. The first-order valence-electron chi connectivity index (χ1n) is 5.86. The summed E-state index contributed by atoms with van der Waals surface area (Å²) in [5, 5.41) is 0. The molecule has 0 aliphatic carbocycles. The molecular formula is C14H15N3. The molecule has 2 aromatic rings. The van der Waals surface area contributed by atoms with Crippen LogP contribution in [0.1, 0.15) is 11.1 Å². The van der Waals surface area contributed by atoms with Gasteiger partial charge in [-0.1, -0.05) is 24.3 Å². The molecule has 1 aliphatic rings. The molecule has 0 radical (unpaired) electrons. The first kappa shape index (κ1) is 10.1. The van der Waals surface area contributed by atoms with E-state index in [1.165, 1.54) is 11.1 Å². The van der Waals surface area contributed by atoms with Crippen molar-refractivity contribution in [2.45, 2.75) is 13.0 Å². The van der Waals surface area contributed by atoms with Crippen LogP contribution in [0.2, 0.25) is 0 Å². The highest BCUT2D eigenvalue weighted by molar-refractivity contribution is 5.50. The Kier molecular flexibility index (Phi) is 2.44. The molecule has 86 valence electrons. The van der Waals surface area contributed by atoms with Gasteiger partial charge in [-0.3, -0.25) is 0 Å². The van der Waals surface area contributed by atoms with Gasteiger partial charge in [0.15, 0.2) is 0 Å². The SMILES string of the molecule is Nc1ccc(N2CCc3ccccc3C2)cn1. The van der Waals surface area contributed by atoms with E-state index in [1.54, 1.807) is 0 Å². The predicted molar refractivity (Wildman–Crippen MR) is 69.8 cm³/mol. The minimum absolute atomic E-state index is 0.575. The van der Waals surface area contributed by atoms with Gasteiger partial charge >= 0.3 is 0 Å². The maximum Gasteiger partial charge on any atom is 0.123 e. The molecular weight excluding hydrogens is 210 g/mol. The number of fused-ring (bicyclic) bond motifs is 1. The third-order valence-electron chi connectivity index (χ3n) is 3.27.